The number of aromatic carboxylic acids is 1. The molecular weight excluding hydrogens is 355 g/mol. The molecule has 1 N–H and O–H groups in total. The summed E-state index contributed by atoms with van der Waals surface area (Å²) < 4.78 is 45.8. The predicted molar refractivity (Wildman–Crippen MR) is 83.0 cm³/mol. The fraction of sp³-hybridized carbons (Fsp3) is 0.176. The van der Waals surface area contributed by atoms with E-state index in [1.54, 1.807) is 0 Å². The van der Waals surface area contributed by atoms with Crippen molar-refractivity contribution >= 4 is 11.9 Å². The molecule has 0 saturated heterocycles. The molecule has 136 valence electrons. The van der Waals surface area contributed by atoms with Crippen LogP contribution in [0.4, 0.5) is 13.2 Å². The van der Waals surface area contributed by atoms with Crippen molar-refractivity contribution in [2.45, 2.75) is 18.9 Å². The molecule has 0 amide bonds. The van der Waals surface area contributed by atoms with Gasteiger partial charge in [-0.25, -0.2) is 4.79 Å². The number of halogens is 3. The first-order chi connectivity index (χ1) is 12.3. The molecule has 9 heteroatoms. The van der Waals surface area contributed by atoms with Gasteiger partial charge in [-0.05, 0) is 42.0 Å². The summed E-state index contributed by atoms with van der Waals surface area (Å²) >= 11 is 0. The first kappa shape index (κ1) is 17.6. The van der Waals surface area contributed by atoms with Crippen LogP contribution in [-0.2, 0) is 4.84 Å². The summed E-state index contributed by atoms with van der Waals surface area (Å²) in [5.74, 6) is -0.702. The monoisotopic (exact) mass is 367 g/mol. The zero-order valence-corrected chi connectivity index (χ0v) is 13.1. The van der Waals surface area contributed by atoms with Crippen LogP contribution >= 0.6 is 0 Å². The summed E-state index contributed by atoms with van der Waals surface area (Å²) in [6, 6.07) is 11.0. The van der Waals surface area contributed by atoms with Crippen molar-refractivity contribution in [2.24, 2.45) is 5.16 Å². The molecule has 2 aromatic rings. The van der Waals surface area contributed by atoms with Crippen molar-refractivity contribution in [2.75, 3.05) is 0 Å². The third kappa shape index (κ3) is 4.44. The number of alkyl halides is 3. The maximum absolute atomic E-state index is 12.2. The van der Waals surface area contributed by atoms with Crippen LogP contribution in [-0.4, -0.2) is 23.3 Å². The molecule has 26 heavy (non-hydrogen) atoms. The van der Waals surface area contributed by atoms with Gasteiger partial charge in [0.1, 0.15) is 11.5 Å². The number of carboxylic acid groups (broad SMARTS) is 1. The molecule has 0 unspecified atom stereocenters. The minimum atomic E-state index is -4.74. The molecule has 0 saturated carbocycles. The van der Waals surface area contributed by atoms with Crippen LogP contribution in [0.15, 0.2) is 53.7 Å². The summed E-state index contributed by atoms with van der Waals surface area (Å²) in [4.78, 5) is 16.0. The van der Waals surface area contributed by atoms with E-state index in [9.17, 15) is 18.0 Å². The Morgan fingerprint density at radius 3 is 2.27 bits per heavy atom. The first-order valence-electron chi connectivity index (χ1n) is 7.40. The van der Waals surface area contributed by atoms with E-state index >= 15 is 0 Å². The molecule has 3 rings (SSSR count). The highest BCUT2D eigenvalue weighted by Crippen LogP contribution is 2.30. The van der Waals surface area contributed by atoms with E-state index < -0.39 is 18.4 Å². The Bertz CT molecular complexity index is 816. The van der Waals surface area contributed by atoms with E-state index in [1.165, 1.54) is 48.5 Å². The van der Waals surface area contributed by atoms with Crippen molar-refractivity contribution < 1.29 is 37.4 Å². The Kier molecular flexibility index (Phi) is 4.70. The Morgan fingerprint density at radius 1 is 1.08 bits per heavy atom. The van der Waals surface area contributed by atoms with Gasteiger partial charge in [0.15, 0.2) is 6.10 Å². The summed E-state index contributed by atoms with van der Waals surface area (Å²) in [5, 5.41) is 12.6. The second-order valence-corrected chi connectivity index (χ2v) is 5.33. The second kappa shape index (κ2) is 6.95. The molecule has 2 aromatic carbocycles. The number of oxime groups is 1. The molecule has 0 bridgehead atoms. The van der Waals surface area contributed by atoms with Crippen LogP contribution in [0.1, 0.15) is 28.4 Å². The predicted octanol–water partition coefficient (Wildman–Crippen LogP) is 4.14. The van der Waals surface area contributed by atoms with Crippen LogP contribution in [0.2, 0.25) is 0 Å². The minimum absolute atomic E-state index is 0.126. The van der Waals surface area contributed by atoms with Gasteiger partial charge >= 0.3 is 12.3 Å². The van der Waals surface area contributed by atoms with Crippen molar-refractivity contribution in [3.05, 3.63) is 59.7 Å². The number of benzene rings is 2. The smallest absolute Gasteiger partial charge is 0.478 e. The van der Waals surface area contributed by atoms with Gasteiger partial charge in [0.05, 0.1) is 12.0 Å². The van der Waals surface area contributed by atoms with Gasteiger partial charge in [0, 0.05) is 0 Å². The summed E-state index contributed by atoms with van der Waals surface area (Å²) in [5.41, 5.74) is 0.740. The molecule has 1 aliphatic heterocycles. The average Bonchev–Trinajstić information content (AvgIpc) is 3.03. The maximum Gasteiger partial charge on any atom is 0.573 e. The molecule has 1 atom stereocenters. The van der Waals surface area contributed by atoms with Crippen molar-refractivity contribution in [1.82, 2.24) is 0 Å². The van der Waals surface area contributed by atoms with Crippen LogP contribution in [0.5, 0.6) is 11.5 Å². The summed E-state index contributed by atoms with van der Waals surface area (Å²) in [6.07, 6.45) is -4.96. The number of rotatable bonds is 4. The topological polar surface area (TPSA) is 77.4 Å². The number of hydrogen-bond donors (Lipinski definition) is 1. The standard InChI is InChI=1S/C17H12F3NO5/c18-17(19,20)25-13-7-1-10(2-8-13)14-9-15(21-26-14)24-12-5-3-11(4-6-12)16(22)23/h1-8,14H,9H2,(H,22,23)/t14-/m0/s1. The van der Waals surface area contributed by atoms with Gasteiger partial charge in [0.25, 0.3) is 0 Å². The Hall–Kier alpha value is -3.23. The van der Waals surface area contributed by atoms with E-state index in [4.69, 9.17) is 14.7 Å². The Balaban J connectivity index is 1.58. The molecule has 6 nitrogen and oxygen atoms in total. The number of ether oxygens (including phenoxy) is 2. The zero-order chi connectivity index (χ0) is 18.7. The third-order valence-electron chi connectivity index (χ3n) is 3.46. The van der Waals surface area contributed by atoms with Crippen LogP contribution in [0.3, 0.4) is 0 Å². The van der Waals surface area contributed by atoms with Gasteiger partial charge in [0.2, 0.25) is 5.90 Å². The lowest BCUT2D eigenvalue weighted by molar-refractivity contribution is -0.274. The van der Waals surface area contributed by atoms with Gasteiger partial charge < -0.3 is 19.4 Å². The number of carbonyl (C=O) groups is 1. The molecule has 0 fully saturated rings. The molecular formula is C17H12F3NO5. The zero-order valence-electron chi connectivity index (χ0n) is 13.1. The summed E-state index contributed by atoms with van der Waals surface area (Å²) in [6.45, 7) is 0. The molecule has 0 aliphatic carbocycles. The molecule has 0 spiro atoms. The fourth-order valence-corrected chi connectivity index (χ4v) is 2.28. The SMILES string of the molecule is O=C(O)c1ccc(OC2=NO[C@H](c3ccc(OC(F)(F)F)cc3)C2)cc1. The Labute approximate surface area is 145 Å². The molecule has 1 heterocycles. The lowest BCUT2D eigenvalue weighted by Crippen LogP contribution is -2.17. The lowest BCUT2D eigenvalue weighted by Gasteiger charge is -2.11. The second-order valence-electron chi connectivity index (χ2n) is 5.33. The number of nitrogens with zero attached hydrogens (tertiary/aromatic N) is 1. The highest BCUT2D eigenvalue weighted by atomic mass is 19.4. The van der Waals surface area contributed by atoms with Crippen LogP contribution in [0.25, 0.3) is 0 Å². The van der Waals surface area contributed by atoms with Crippen LogP contribution in [0, 0.1) is 0 Å². The van der Waals surface area contributed by atoms with Crippen molar-refractivity contribution in [3.63, 3.8) is 0 Å². The van der Waals surface area contributed by atoms with Gasteiger partial charge in [-0.2, -0.15) is 0 Å². The Morgan fingerprint density at radius 2 is 1.69 bits per heavy atom. The van der Waals surface area contributed by atoms with Crippen molar-refractivity contribution in [3.8, 4) is 11.5 Å². The van der Waals surface area contributed by atoms with Crippen molar-refractivity contribution in [1.29, 1.82) is 0 Å². The highest BCUT2D eigenvalue weighted by Gasteiger charge is 2.31. The first-order valence-corrected chi connectivity index (χ1v) is 7.40. The minimum Gasteiger partial charge on any atom is -0.478 e. The largest absolute Gasteiger partial charge is 0.573 e. The number of carboxylic acids is 1. The third-order valence-corrected chi connectivity index (χ3v) is 3.46. The van der Waals surface area contributed by atoms with E-state index in [1.807, 2.05) is 0 Å². The number of hydrogen-bond acceptors (Lipinski definition) is 5. The van der Waals surface area contributed by atoms with Crippen LogP contribution < -0.4 is 9.47 Å². The summed E-state index contributed by atoms with van der Waals surface area (Å²) in [7, 11) is 0. The molecule has 0 radical (unpaired) electrons. The van der Waals surface area contributed by atoms with E-state index in [2.05, 4.69) is 9.89 Å². The van der Waals surface area contributed by atoms with E-state index in [0.29, 0.717) is 11.3 Å². The molecule has 1 aliphatic rings. The normalized spacial score (nSPS) is 16.6. The lowest BCUT2D eigenvalue weighted by atomic mass is 10.1. The highest BCUT2D eigenvalue weighted by molar-refractivity contribution is 5.88. The quantitative estimate of drug-likeness (QED) is 0.879. The van der Waals surface area contributed by atoms with Gasteiger partial charge in [-0.3, -0.25) is 0 Å². The van der Waals surface area contributed by atoms with Gasteiger partial charge in [-0.1, -0.05) is 17.3 Å². The maximum atomic E-state index is 12.2. The average molecular weight is 367 g/mol. The molecule has 0 aromatic heterocycles. The van der Waals surface area contributed by atoms with Gasteiger partial charge in [-0.15, -0.1) is 13.2 Å². The van der Waals surface area contributed by atoms with E-state index in [-0.39, 0.29) is 23.6 Å². The van der Waals surface area contributed by atoms with E-state index in [0.717, 1.165) is 0 Å². The fourth-order valence-electron chi connectivity index (χ4n) is 2.28.